The summed E-state index contributed by atoms with van der Waals surface area (Å²) in [6.45, 7) is 2.78. The Bertz CT molecular complexity index is 746. The summed E-state index contributed by atoms with van der Waals surface area (Å²) < 4.78 is 1.21. The van der Waals surface area contributed by atoms with Crippen molar-refractivity contribution in [1.82, 2.24) is 14.3 Å². The van der Waals surface area contributed by atoms with E-state index in [9.17, 15) is 14.7 Å². The highest BCUT2D eigenvalue weighted by atomic mass is 32.1. The number of hydrogen-bond donors (Lipinski definition) is 2. The van der Waals surface area contributed by atoms with Crippen LogP contribution in [0.15, 0.2) is 11.0 Å². The second-order valence-corrected chi connectivity index (χ2v) is 6.20. The first kappa shape index (κ1) is 14.0. The number of rotatable bonds is 3. The third-order valence-corrected chi connectivity index (χ3v) is 4.55. The topological polar surface area (TPSA) is 95.1 Å². The lowest BCUT2D eigenvalue weighted by molar-refractivity contribution is 0.0687. The number of carboxylic acid groups (broad SMARTS) is 1. The first-order chi connectivity index (χ1) is 10.1. The Labute approximate surface area is 124 Å². The number of fused-ring (bicyclic) bond motifs is 1. The Morgan fingerprint density at radius 2 is 2.05 bits per heavy atom. The molecule has 0 spiro atoms. The molecule has 112 valence electrons. The molecule has 3 rings (SSSR count). The van der Waals surface area contributed by atoms with Crippen molar-refractivity contribution in [2.75, 3.05) is 13.1 Å². The second kappa shape index (κ2) is 5.45. The Hall–Kier alpha value is -1.93. The van der Waals surface area contributed by atoms with Gasteiger partial charge in [0.2, 0.25) is 5.75 Å². The van der Waals surface area contributed by atoms with Crippen LogP contribution in [0, 0.1) is 0 Å². The maximum atomic E-state index is 12.0. The summed E-state index contributed by atoms with van der Waals surface area (Å²) in [4.78, 5) is 30.3. The summed E-state index contributed by atoms with van der Waals surface area (Å²) in [6.07, 6.45) is 5.23. The fourth-order valence-corrected chi connectivity index (χ4v) is 3.55. The van der Waals surface area contributed by atoms with Crippen LogP contribution in [-0.4, -0.2) is 43.6 Å². The Balaban J connectivity index is 1.97. The van der Waals surface area contributed by atoms with Gasteiger partial charge in [0.25, 0.3) is 0 Å². The molecule has 1 aliphatic rings. The average Bonchev–Trinajstić information content (AvgIpc) is 2.86. The molecule has 0 aliphatic carbocycles. The first-order valence-electron chi connectivity index (χ1n) is 6.76. The molecule has 2 aromatic rings. The molecular weight excluding hydrogens is 294 g/mol. The summed E-state index contributed by atoms with van der Waals surface area (Å²) in [5, 5.41) is 18.6. The fourth-order valence-electron chi connectivity index (χ4n) is 2.54. The molecule has 3 heterocycles. The van der Waals surface area contributed by atoms with Gasteiger partial charge in [-0.2, -0.15) is 0 Å². The highest BCUT2D eigenvalue weighted by Crippen LogP contribution is 2.21. The third-order valence-electron chi connectivity index (χ3n) is 3.59. The molecule has 2 N–H and O–H groups in total. The van der Waals surface area contributed by atoms with Crippen LogP contribution in [-0.2, 0) is 6.54 Å². The van der Waals surface area contributed by atoms with Crippen LogP contribution in [0.25, 0.3) is 4.96 Å². The Kier molecular flexibility index (Phi) is 3.64. The molecule has 0 aromatic carbocycles. The van der Waals surface area contributed by atoms with Gasteiger partial charge in [0.1, 0.15) is 0 Å². The highest BCUT2D eigenvalue weighted by molar-refractivity contribution is 7.17. The van der Waals surface area contributed by atoms with Crippen LogP contribution in [0.2, 0.25) is 0 Å². The van der Waals surface area contributed by atoms with Crippen molar-refractivity contribution >= 4 is 22.3 Å². The number of aromatic nitrogens is 2. The van der Waals surface area contributed by atoms with Gasteiger partial charge in [-0.1, -0.05) is 17.8 Å². The molecule has 0 atom stereocenters. The number of likely N-dealkylation sites (tertiary alicyclic amines) is 1. The van der Waals surface area contributed by atoms with E-state index in [4.69, 9.17) is 5.11 Å². The van der Waals surface area contributed by atoms with Gasteiger partial charge in [-0.25, -0.2) is 9.78 Å². The lowest BCUT2D eigenvalue weighted by Gasteiger charge is -2.25. The highest BCUT2D eigenvalue weighted by Gasteiger charge is 2.20. The molecular formula is C13H15N3O4S. The predicted octanol–water partition coefficient (Wildman–Crippen LogP) is 1.15. The van der Waals surface area contributed by atoms with E-state index in [0.29, 0.717) is 4.96 Å². The van der Waals surface area contributed by atoms with Crippen LogP contribution in [0.3, 0.4) is 0 Å². The molecule has 8 heteroatoms. The van der Waals surface area contributed by atoms with Gasteiger partial charge in [-0.05, 0) is 25.9 Å². The van der Waals surface area contributed by atoms with Crippen molar-refractivity contribution in [2.24, 2.45) is 0 Å². The molecule has 0 amide bonds. The molecule has 0 bridgehead atoms. The normalized spacial score (nSPS) is 16.4. The zero-order chi connectivity index (χ0) is 15.0. The Morgan fingerprint density at radius 1 is 1.33 bits per heavy atom. The van der Waals surface area contributed by atoms with Crippen molar-refractivity contribution in [3.05, 3.63) is 27.1 Å². The van der Waals surface area contributed by atoms with Gasteiger partial charge in [-0.15, -0.1) is 0 Å². The molecule has 7 nitrogen and oxygen atoms in total. The lowest BCUT2D eigenvalue weighted by Crippen LogP contribution is -2.28. The fraction of sp³-hybridized carbons (Fsp3) is 0.462. The quantitative estimate of drug-likeness (QED) is 0.883. The van der Waals surface area contributed by atoms with Gasteiger partial charge in [-0.3, -0.25) is 14.1 Å². The summed E-state index contributed by atoms with van der Waals surface area (Å²) in [6, 6.07) is 0. The summed E-state index contributed by atoms with van der Waals surface area (Å²) in [7, 11) is 0. The summed E-state index contributed by atoms with van der Waals surface area (Å²) in [5.41, 5.74) is -1.33. The SMILES string of the molecule is O=C(O)c1nc2sc(CN3CCCCC3)cn2c(=O)c1O. The summed E-state index contributed by atoms with van der Waals surface area (Å²) >= 11 is 1.28. The van der Waals surface area contributed by atoms with Crippen molar-refractivity contribution in [1.29, 1.82) is 0 Å². The molecule has 1 fully saturated rings. The molecule has 1 aliphatic heterocycles. The number of carboxylic acids is 1. The standard InChI is InChI=1S/C13H15N3O4S/c17-10-9(12(19)20)14-13-16(11(10)18)7-8(21-13)6-15-4-2-1-3-5-15/h7,17H,1-6H2,(H,19,20). The van der Waals surface area contributed by atoms with Crippen molar-refractivity contribution in [3.8, 4) is 5.75 Å². The number of thiazole rings is 1. The van der Waals surface area contributed by atoms with Crippen LogP contribution in [0.4, 0.5) is 0 Å². The molecule has 21 heavy (non-hydrogen) atoms. The zero-order valence-corrected chi connectivity index (χ0v) is 12.1. The van der Waals surface area contributed by atoms with Crippen LogP contribution >= 0.6 is 11.3 Å². The van der Waals surface area contributed by atoms with E-state index in [2.05, 4.69) is 9.88 Å². The number of hydrogen-bond acceptors (Lipinski definition) is 6. The maximum Gasteiger partial charge on any atom is 0.358 e. The largest absolute Gasteiger partial charge is 0.501 e. The van der Waals surface area contributed by atoms with E-state index in [1.807, 2.05) is 0 Å². The van der Waals surface area contributed by atoms with Crippen LogP contribution in [0.5, 0.6) is 5.75 Å². The molecule has 0 saturated carbocycles. The molecule has 0 radical (unpaired) electrons. The smallest absolute Gasteiger partial charge is 0.358 e. The Morgan fingerprint density at radius 3 is 2.71 bits per heavy atom. The van der Waals surface area contributed by atoms with E-state index < -0.39 is 23.0 Å². The maximum absolute atomic E-state index is 12.0. The minimum absolute atomic E-state index is 0.294. The number of piperidine rings is 1. The number of aromatic carboxylic acids is 1. The van der Waals surface area contributed by atoms with E-state index in [0.717, 1.165) is 24.5 Å². The minimum atomic E-state index is -1.40. The van der Waals surface area contributed by atoms with Crippen LogP contribution < -0.4 is 5.56 Å². The number of carbonyl (C=O) groups is 1. The molecule has 0 unspecified atom stereocenters. The van der Waals surface area contributed by atoms with Gasteiger partial charge >= 0.3 is 11.5 Å². The van der Waals surface area contributed by atoms with E-state index in [-0.39, 0.29) is 0 Å². The molecule has 1 saturated heterocycles. The van der Waals surface area contributed by atoms with Crippen molar-refractivity contribution in [2.45, 2.75) is 25.8 Å². The van der Waals surface area contributed by atoms with E-state index >= 15 is 0 Å². The number of nitrogens with zero attached hydrogens (tertiary/aromatic N) is 3. The van der Waals surface area contributed by atoms with Gasteiger partial charge in [0.05, 0.1) is 0 Å². The van der Waals surface area contributed by atoms with Crippen molar-refractivity contribution in [3.63, 3.8) is 0 Å². The minimum Gasteiger partial charge on any atom is -0.501 e. The van der Waals surface area contributed by atoms with E-state index in [1.165, 1.54) is 35.0 Å². The monoisotopic (exact) mass is 309 g/mol. The second-order valence-electron chi connectivity index (χ2n) is 5.11. The lowest BCUT2D eigenvalue weighted by atomic mass is 10.1. The first-order valence-corrected chi connectivity index (χ1v) is 7.57. The average molecular weight is 309 g/mol. The van der Waals surface area contributed by atoms with Crippen molar-refractivity contribution < 1.29 is 15.0 Å². The van der Waals surface area contributed by atoms with Gasteiger partial charge in [0, 0.05) is 17.6 Å². The predicted molar refractivity (Wildman–Crippen MR) is 77.1 cm³/mol. The zero-order valence-electron chi connectivity index (χ0n) is 11.3. The third kappa shape index (κ3) is 2.64. The van der Waals surface area contributed by atoms with Gasteiger partial charge in [0.15, 0.2) is 10.7 Å². The van der Waals surface area contributed by atoms with Crippen LogP contribution in [0.1, 0.15) is 34.6 Å². The molecule has 2 aromatic heterocycles. The summed E-state index contributed by atoms with van der Waals surface area (Å²) in [5.74, 6) is -2.22. The van der Waals surface area contributed by atoms with E-state index in [1.54, 1.807) is 6.20 Å². The van der Waals surface area contributed by atoms with Gasteiger partial charge < -0.3 is 10.2 Å². The number of aromatic hydroxyl groups is 1.